The minimum Gasteiger partial charge on any atom is -0.365 e. The SMILES string of the molecule is CSc1nc2ncnc(NCc3cccc(-c4cnn(C)c4)c3)c2s1. The van der Waals surface area contributed by atoms with Gasteiger partial charge in [0.1, 0.15) is 16.8 Å². The molecule has 0 aliphatic rings. The third kappa shape index (κ3) is 3.35. The molecule has 0 radical (unpaired) electrons. The Bertz CT molecular complexity index is 1020. The molecule has 0 atom stereocenters. The number of thiazole rings is 1. The predicted octanol–water partition coefficient (Wildman–Crippen LogP) is 3.82. The minimum absolute atomic E-state index is 0.687. The first kappa shape index (κ1) is 16.0. The van der Waals surface area contributed by atoms with Crippen molar-refractivity contribution in [1.29, 1.82) is 0 Å². The third-order valence-corrected chi connectivity index (χ3v) is 5.81. The molecule has 0 amide bonds. The van der Waals surface area contributed by atoms with Crippen LogP contribution >= 0.6 is 23.1 Å². The fourth-order valence-corrected chi connectivity index (χ4v) is 4.04. The van der Waals surface area contributed by atoms with Crippen LogP contribution in [0.2, 0.25) is 0 Å². The van der Waals surface area contributed by atoms with E-state index in [1.807, 2.05) is 30.4 Å². The zero-order valence-electron chi connectivity index (χ0n) is 13.8. The first-order valence-corrected chi connectivity index (χ1v) is 9.74. The van der Waals surface area contributed by atoms with Crippen molar-refractivity contribution >= 4 is 39.3 Å². The fraction of sp³-hybridized carbons (Fsp3) is 0.176. The van der Waals surface area contributed by atoms with Crippen LogP contribution in [-0.4, -0.2) is 31.0 Å². The van der Waals surface area contributed by atoms with E-state index in [0.717, 1.165) is 31.6 Å². The van der Waals surface area contributed by atoms with E-state index in [2.05, 4.69) is 49.6 Å². The van der Waals surface area contributed by atoms with E-state index in [-0.39, 0.29) is 0 Å². The zero-order valence-corrected chi connectivity index (χ0v) is 15.4. The van der Waals surface area contributed by atoms with Gasteiger partial charge in [0.25, 0.3) is 0 Å². The van der Waals surface area contributed by atoms with Crippen LogP contribution in [0.3, 0.4) is 0 Å². The van der Waals surface area contributed by atoms with Gasteiger partial charge in [-0.2, -0.15) is 5.10 Å². The molecule has 0 fully saturated rings. The number of aromatic nitrogens is 5. The summed E-state index contributed by atoms with van der Waals surface area (Å²) in [6, 6.07) is 8.43. The summed E-state index contributed by atoms with van der Waals surface area (Å²) in [6.45, 7) is 0.687. The summed E-state index contributed by atoms with van der Waals surface area (Å²) in [5.74, 6) is 0.828. The first-order chi connectivity index (χ1) is 12.2. The Balaban J connectivity index is 1.56. The van der Waals surface area contributed by atoms with Crippen LogP contribution in [0.15, 0.2) is 47.3 Å². The molecule has 3 aromatic heterocycles. The van der Waals surface area contributed by atoms with Crippen molar-refractivity contribution in [1.82, 2.24) is 24.7 Å². The van der Waals surface area contributed by atoms with Gasteiger partial charge in [-0.25, -0.2) is 15.0 Å². The second-order valence-electron chi connectivity index (χ2n) is 5.52. The van der Waals surface area contributed by atoms with Gasteiger partial charge in [-0.1, -0.05) is 30.0 Å². The molecule has 1 aromatic carbocycles. The highest BCUT2D eigenvalue weighted by molar-refractivity contribution is 8.00. The van der Waals surface area contributed by atoms with E-state index in [0.29, 0.717) is 6.54 Å². The maximum Gasteiger partial charge on any atom is 0.176 e. The summed E-state index contributed by atoms with van der Waals surface area (Å²) < 4.78 is 3.80. The Labute approximate surface area is 153 Å². The Morgan fingerprint density at radius 3 is 2.96 bits per heavy atom. The molecule has 0 unspecified atom stereocenters. The largest absolute Gasteiger partial charge is 0.365 e. The molecule has 0 aliphatic carbocycles. The van der Waals surface area contributed by atoms with Crippen LogP contribution in [0, 0.1) is 0 Å². The summed E-state index contributed by atoms with van der Waals surface area (Å²) in [5, 5.41) is 7.65. The number of aryl methyl sites for hydroxylation is 1. The number of anilines is 1. The molecule has 126 valence electrons. The monoisotopic (exact) mass is 368 g/mol. The van der Waals surface area contributed by atoms with Gasteiger partial charge >= 0.3 is 0 Å². The third-order valence-electron chi connectivity index (χ3n) is 3.77. The molecule has 1 N–H and O–H groups in total. The molecule has 0 aliphatic heterocycles. The molecule has 3 heterocycles. The van der Waals surface area contributed by atoms with Crippen molar-refractivity contribution in [2.24, 2.45) is 7.05 Å². The molecule has 4 aromatic rings. The molecule has 6 nitrogen and oxygen atoms in total. The first-order valence-electron chi connectivity index (χ1n) is 7.70. The Morgan fingerprint density at radius 1 is 1.24 bits per heavy atom. The number of nitrogens with zero attached hydrogens (tertiary/aromatic N) is 5. The van der Waals surface area contributed by atoms with E-state index in [9.17, 15) is 0 Å². The van der Waals surface area contributed by atoms with Crippen molar-refractivity contribution < 1.29 is 0 Å². The lowest BCUT2D eigenvalue weighted by Crippen LogP contribution is -2.02. The highest BCUT2D eigenvalue weighted by atomic mass is 32.2. The van der Waals surface area contributed by atoms with Crippen molar-refractivity contribution in [3.63, 3.8) is 0 Å². The van der Waals surface area contributed by atoms with Gasteiger partial charge in [0.05, 0.1) is 6.20 Å². The maximum atomic E-state index is 4.48. The lowest BCUT2D eigenvalue weighted by atomic mass is 10.1. The maximum absolute atomic E-state index is 4.48. The summed E-state index contributed by atoms with van der Waals surface area (Å²) in [6.07, 6.45) is 7.46. The van der Waals surface area contributed by atoms with Gasteiger partial charge < -0.3 is 5.32 Å². The van der Waals surface area contributed by atoms with Crippen LogP contribution in [0.4, 0.5) is 5.82 Å². The number of fused-ring (bicyclic) bond motifs is 1. The quantitative estimate of drug-likeness (QED) is 0.540. The number of nitrogens with one attached hydrogen (secondary N) is 1. The van der Waals surface area contributed by atoms with Crippen LogP contribution in [-0.2, 0) is 13.6 Å². The molecule has 25 heavy (non-hydrogen) atoms. The molecule has 0 saturated carbocycles. The Kier molecular flexibility index (Phi) is 4.37. The number of thioether (sulfide) groups is 1. The molecule has 0 bridgehead atoms. The van der Waals surface area contributed by atoms with E-state index < -0.39 is 0 Å². The van der Waals surface area contributed by atoms with Gasteiger partial charge in [0.2, 0.25) is 0 Å². The molecule has 8 heteroatoms. The molecular formula is C17H16N6S2. The number of hydrogen-bond donors (Lipinski definition) is 1. The topological polar surface area (TPSA) is 68.5 Å². The predicted molar refractivity (Wildman–Crippen MR) is 103 cm³/mol. The zero-order chi connectivity index (χ0) is 17.2. The van der Waals surface area contributed by atoms with Crippen molar-refractivity contribution in [3.8, 4) is 11.1 Å². The van der Waals surface area contributed by atoms with E-state index >= 15 is 0 Å². The van der Waals surface area contributed by atoms with Crippen LogP contribution < -0.4 is 5.32 Å². The van der Waals surface area contributed by atoms with Crippen LogP contribution in [0.25, 0.3) is 21.5 Å². The molecule has 0 saturated heterocycles. The average molecular weight is 368 g/mol. The number of rotatable bonds is 5. The Morgan fingerprint density at radius 2 is 2.16 bits per heavy atom. The summed E-state index contributed by atoms with van der Waals surface area (Å²) in [7, 11) is 1.92. The van der Waals surface area contributed by atoms with E-state index in [1.54, 1.807) is 29.4 Å². The van der Waals surface area contributed by atoms with E-state index in [4.69, 9.17) is 0 Å². The second kappa shape index (κ2) is 6.81. The normalized spacial score (nSPS) is 11.1. The van der Waals surface area contributed by atoms with Gasteiger partial charge in [-0.3, -0.25) is 4.68 Å². The fourth-order valence-electron chi connectivity index (χ4n) is 2.56. The van der Waals surface area contributed by atoms with Gasteiger partial charge in [-0.05, 0) is 23.4 Å². The molecule has 4 rings (SSSR count). The van der Waals surface area contributed by atoms with Crippen molar-refractivity contribution in [3.05, 3.63) is 48.5 Å². The summed E-state index contributed by atoms with van der Waals surface area (Å²) in [5.41, 5.74) is 4.20. The summed E-state index contributed by atoms with van der Waals surface area (Å²) >= 11 is 3.24. The van der Waals surface area contributed by atoms with Crippen LogP contribution in [0.5, 0.6) is 0 Å². The highest BCUT2D eigenvalue weighted by Gasteiger charge is 2.10. The van der Waals surface area contributed by atoms with Gasteiger partial charge in [-0.15, -0.1) is 11.3 Å². The van der Waals surface area contributed by atoms with Crippen molar-refractivity contribution in [2.75, 3.05) is 11.6 Å². The molecule has 0 spiro atoms. The lowest BCUT2D eigenvalue weighted by Gasteiger charge is -2.07. The average Bonchev–Trinajstić information content (AvgIpc) is 3.26. The standard InChI is InChI=1S/C17H16N6S2/c1-23-9-13(8-21-23)12-5-3-4-11(6-12)7-18-15-14-16(20-10-19-15)22-17(24-2)25-14/h3-6,8-10H,7H2,1-2H3,(H,18,19,20). The smallest absolute Gasteiger partial charge is 0.176 e. The summed E-state index contributed by atoms with van der Waals surface area (Å²) in [4.78, 5) is 13.1. The van der Waals surface area contributed by atoms with Gasteiger partial charge in [0, 0.05) is 25.4 Å². The lowest BCUT2D eigenvalue weighted by molar-refractivity contribution is 0.768. The van der Waals surface area contributed by atoms with E-state index in [1.165, 1.54) is 5.56 Å². The minimum atomic E-state index is 0.687. The molecular weight excluding hydrogens is 352 g/mol. The second-order valence-corrected chi connectivity index (χ2v) is 7.57. The van der Waals surface area contributed by atoms with Gasteiger partial charge in [0.15, 0.2) is 9.99 Å². The van der Waals surface area contributed by atoms with Crippen molar-refractivity contribution in [2.45, 2.75) is 10.9 Å². The number of benzene rings is 1. The highest BCUT2D eigenvalue weighted by Crippen LogP contribution is 2.31. The van der Waals surface area contributed by atoms with Crippen LogP contribution in [0.1, 0.15) is 5.56 Å². The number of hydrogen-bond acceptors (Lipinski definition) is 7. The Hall–Kier alpha value is -2.45.